The predicted octanol–water partition coefficient (Wildman–Crippen LogP) is 7.02. The fourth-order valence-corrected chi connectivity index (χ4v) is 4.10. The number of carbonyl (C=O) groups excluding carboxylic acids is 2. The van der Waals surface area contributed by atoms with Gasteiger partial charge in [-0.15, -0.1) is 0 Å². The highest BCUT2D eigenvalue weighted by molar-refractivity contribution is 6.14. The lowest BCUT2D eigenvalue weighted by molar-refractivity contribution is 0.0943. The lowest BCUT2D eigenvalue weighted by atomic mass is 9.98. The molecule has 4 nitrogen and oxygen atoms in total. The Balaban J connectivity index is 1.90. The molecule has 2 N–H and O–H groups in total. The van der Waals surface area contributed by atoms with E-state index in [1.54, 1.807) is 12.1 Å². The van der Waals surface area contributed by atoms with Crippen LogP contribution < -0.4 is 10.6 Å². The summed E-state index contributed by atoms with van der Waals surface area (Å²) in [4.78, 5) is 25.6. The summed E-state index contributed by atoms with van der Waals surface area (Å²) in [5, 5.41) is 7.77. The van der Waals surface area contributed by atoms with Crippen LogP contribution in [0.4, 0.5) is 0 Å². The summed E-state index contributed by atoms with van der Waals surface area (Å²) in [6, 6.07) is 11.3. The minimum absolute atomic E-state index is 0.0613. The maximum atomic E-state index is 12.8. The van der Waals surface area contributed by atoms with Crippen LogP contribution in [-0.2, 0) is 0 Å². The Morgan fingerprint density at radius 2 is 0.938 bits per heavy atom. The van der Waals surface area contributed by atoms with Gasteiger partial charge in [-0.3, -0.25) is 9.59 Å². The third kappa shape index (κ3) is 8.64. The molecule has 2 aromatic carbocycles. The first-order valence-electron chi connectivity index (χ1n) is 12.8. The Morgan fingerprint density at radius 1 is 0.562 bits per heavy atom. The molecular weight excluding hydrogens is 396 g/mol. The van der Waals surface area contributed by atoms with Gasteiger partial charge in [0.1, 0.15) is 0 Å². The highest BCUT2D eigenvalue weighted by Gasteiger charge is 2.15. The summed E-state index contributed by atoms with van der Waals surface area (Å²) in [5.41, 5.74) is 1.28. The van der Waals surface area contributed by atoms with Gasteiger partial charge in [-0.25, -0.2) is 0 Å². The van der Waals surface area contributed by atoms with Crippen LogP contribution in [-0.4, -0.2) is 24.9 Å². The third-order valence-electron chi connectivity index (χ3n) is 6.05. The van der Waals surface area contributed by atoms with Gasteiger partial charge in [-0.05, 0) is 35.7 Å². The minimum atomic E-state index is -0.0613. The number of hydrogen-bond acceptors (Lipinski definition) is 2. The number of nitrogens with one attached hydrogen (secondary N) is 2. The van der Waals surface area contributed by atoms with Crippen molar-refractivity contribution in [1.82, 2.24) is 10.6 Å². The largest absolute Gasteiger partial charge is 0.352 e. The second kappa shape index (κ2) is 15.4. The van der Waals surface area contributed by atoms with E-state index in [1.807, 2.05) is 24.3 Å². The number of amides is 2. The summed E-state index contributed by atoms with van der Waals surface area (Å²) in [6.45, 7) is 5.82. The van der Waals surface area contributed by atoms with E-state index in [9.17, 15) is 9.59 Å². The number of rotatable bonds is 16. The molecule has 0 aliphatic carbocycles. The monoisotopic (exact) mass is 438 g/mol. The standard InChI is InChI=1S/C28H42N2O2/c1-3-5-7-9-11-15-21-29-27(31)25-19-20-26(24-18-14-13-17-23(24)25)28(32)30-22-16-12-10-8-6-4-2/h13-14,17-20H,3-12,15-16,21-22H2,1-2H3,(H,29,31)(H,30,32). The molecule has 0 saturated carbocycles. The molecule has 0 heterocycles. The molecule has 0 saturated heterocycles. The quantitative estimate of drug-likeness (QED) is 0.277. The van der Waals surface area contributed by atoms with E-state index in [4.69, 9.17) is 0 Å². The first kappa shape index (κ1) is 25.9. The van der Waals surface area contributed by atoms with Crippen molar-refractivity contribution < 1.29 is 9.59 Å². The van der Waals surface area contributed by atoms with Gasteiger partial charge in [-0.2, -0.15) is 0 Å². The molecule has 2 rings (SSSR count). The predicted molar refractivity (Wildman–Crippen MR) is 135 cm³/mol. The van der Waals surface area contributed by atoms with Crippen LogP contribution in [0.15, 0.2) is 36.4 Å². The Kier molecular flexibility index (Phi) is 12.5. The van der Waals surface area contributed by atoms with Crippen molar-refractivity contribution >= 4 is 22.6 Å². The first-order chi connectivity index (χ1) is 15.7. The second-order valence-electron chi connectivity index (χ2n) is 8.75. The van der Waals surface area contributed by atoms with Crippen molar-refractivity contribution in [1.29, 1.82) is 0 Å². The molecule has 2 aromatic rings. The van der Waals surface area contributed by atoms with E-state index in [2.05, 4.69) is 24.5 Å². The molecule has 0 aromatic heterocycles. The lowest BCUT2D eigenvalue weighted by Crippen LogP contribution is -2.26. The normalized spacial score (nSPS) is 10.9. The topological polar surface area (TPSA) is 58.2 Å². The average molecular weight is 439 g/mol. The summed E-state index contributed by atoms with van der Waals surface area (Å²) in [5.74, 6) is -0.123. The van der Waals surface area contributed by atoms with E-state index in [-0.39, 0.29) is 11.8 Å². The highest BCUT2D eigenvalue weighted by atomic mass is 16.2. The van der Waals surface area contributed by atoms with Gasteiger partial charge in [0.2, 0.25) is 0 Å². The number of benzene rings is 2. The molecule has 0 bridgehead atoms. The Bertz CT molecular complexity index is 763. The molecule has 0 aliphatic heterocycles. The molecule has 176 valence electrons. The van der Waals surface area contributed by atoms with Crippen molar-refractivity contribution in [3.05, 3.63) is 47.5 Å². The summed E-state index contributed by atoms with van der Waals surface area (Å²) < 4.78 is 0. The summed E-state index contributed by atoms with van der Waals surface area (Å²) in [7, 11) is 0. The van der Waals surface area contributed by atoms with Crippen LogP contribution in [0.5, 0.6) is 0 Å². The third-order valence-corrected chi connectivity index (χ3v) is 6.05. The van der Waals surface area contributed by atoms with E-state index in [1.165, 1.54) is 51.4 Å². The molecule has 0 radical (unpaired) electrons. The van der Waals surface area contributed by atoms with Crippen LogP contribution in [0.2, 0.25) is 0 Å². The van der Waals surface area contributed by atoms with Gasteiger partial charge in [0.15, 0.2) is 0 Å². The summed E-state index contributed by atoms with van der Waals surface area (Å²) in [6.07, 6.45) is 14.4. The number of carbonyl (C=O) groups is 2. The SMILES string of the molecule is CCCCCCCCNC(=O)c1ccc(C(=O)NCCCCCCCC)c2ccccc12. The Hall–Kier alpha value is -2.36. The van der Waals surface area contributed by atoms with Crippen LogP contribution >= 0.6 is 0 Å². The average Bonchev–Trinajstić information content (AvgIpc) is 2.82. The lowest BCUT2D eigenvalue weighted by Gasteiger charge is -2.12. The molecular formula is C28H42N2O2. The molecule has 0 unspecified atom stereocenters. The molecule has 32 heavy (non-hydrogen) atoms. The maximum absolute atomic E-state index is 12.8. The first-order valence-corrected chi connectivity index (χ1v) is 12.8. The van der Waals surface area contributed by atoms with Crippen LogP contribution in [0, 0.1) is 0 Å². The molecule has 0 spiro atoms. The van der Waals surface area contributed by atoms with Crippen molar-refractivity contribution in [2.75, 3.05) is 13.1 Å². The fraction of sp³-hybridized carbons (Fsp3) is 0.571. The zero-order valence-electron chi connectivity index (χ0n) is 20.2. The van der Waals surface area contributed by atoms with E-state index < -0.39 is 0 Å². The van der Waals surface area contributed by atoms with Gasteiger partial charge in [-0.1, -0.05) is 102 Å². The van der Waals surface area contributed by atoms with Crippen molar-refractivity contribution in [2.24, 2.45) is 0 Å². The Labute approximate surface area is 194 Å². The van der Waals surface area contributed by atoms with Crippen molar-refractivity contribution in [3.8, 4) is 0 Å². The molecule has 0 fully saturated rings. The van der Waals surface area contributed by atoms with Crippen molar-refractivity contribution in [2.45, 2.75) is 90.9 Å². The molecule has 4 heteroatoms. The molecule has 0 atom stereocenters. The minimum Gasteiger partial charge on any atom is -0.352 e. The molecule has 0 aliphatic rings. The fourth-order valence-electron chi connectivity index (χ4n) is 4.10. The number of fused-ring (bicyclic) bond motifs is 1. The van der Waals surface area contributed by atoms with E-state index in [0.29, 0.717) is 24.2 Å². The van der Waals surface area contributed by atoms with Gasteiger partial charge >= 0.3 is 0 Å². The molecule has 2 amide bonds. The summed E-state index contributed by atoms with van der Waals surface area (Å²) >= 11 is 0. The van der Waals surface area contributed by atoms with Crippen LogP contribution in [0.25, 0.3) is 10.8 Å². The van der Waals surface area contributed by atoms with Gasteiger partial charge < -0.3 is 10.6 Å². The maximum Gasteiger partial charge on any atom is 0.251 e. The highest BCUT2D eigenvalue weighted by Crippen LogP contribution is 2.23. The zero-order chi connectivity index (χ0) is 23.0. The van der Waals surface area contributed by atoms with Gasteiger partial charge in [0.05, 0.1) is 0 Å². The van der Waals surface area contributed by atoms with Crippen LogP contribution in [0.3, 0.4) is 0 Å². The van der Waals surface area contributed by atoms with Gasteiger partial charge in [0, 0.05) is 24.2 Å². The second-order valence-corrected chi connectivity index (χ2v) is 8.75. The van der Waals surface area contributed by atoms with E-state index in [0.717, 1.165) is 36.5 Å². The zero-order valence-corrected chi connectivity index (χ0v) is 20.2. The number of unbranched alkanes of at least 4 members (excludes halogenated alkanes) is 10. The smallest absolute Gasteiger partial charge is 0.251 e. The van der Waals surface area contributed by atoms with Gasteiger partial charge in [0.25, 0.3) is 11.8 Å². The number of hydrogen-bond donors (Lipinski definition) is 2. The van der Waals surface area contributed by atoms with E-state index >= 15 is 0 Å². The van der Waals surface area contributed by atoms with Crippen LogP contribution in [0.1, 0.15) is 112 Å². The van der Waals surface area contributed by atoms with Crippen molar-refractivity contribution in [3.63, 3.8) is 0 Å². The Morgan fingerprint density at radius 3 is 1.34 bits per heavy atom.